The van der Waals surface area contributed by atoms with Crippen LogP contribution in [0.25, 0.3) is 5.82 Å². The van der Waals surface area contributed by atoms with Crippen molar-refractivity contribution in [3.05, 3.63) is 33.3 Å². The van der Waals surface area contributed by atoms with E-state index < -0.39 is 4.92 Å². The van der Waals surface area contributed by atoms with Crippen molar-refractivity contribution in [1.82, 2.24) is 19.6 Å². The van der Waals surface area contributed by atoms with Gasteiger partial charge in [0.15, 0.2) is 5.82 Å². The third kappa shape index (κ3) is 1.53. The zero-order valence-electron chi connectivity index (χ0n) is 10.1. The maximum atomic E-state index is 10.9. The SMILES string of the molecule is Cc1nn(-c2c(C#N)cnn2C)c(C)c1[N+](=O)[O-]. The van der Waals surface area contributed by atoms with Crippen molar-refractivity contribution in [3.8, 4) is 11.9 Å². The molecule has 2 aromatic rings. The van der Waals surface area contributed by atoms with E-state index in [1.54, 1.807) is 20.9 Å². The molecular weight excluding hydrogens is 236 g/mol. The van der Waals surface area contributed by atoms with Crippen LogP contribution in [0, 0.1) is 35.3 Å². The molecule has 0 aliphatic rings. The number of aromatic nitrogens is 4. The van der Waals surface area contributed by atoms with Crippen molar-refractivity contribution in [1.29, 1.82) is 5.26 Å². The smallest absolute Gasteiger partial charge is 0.258 e. The van der Waals surface area contributed by atoms with E-state index in [0.29, 0.717) is 22.8 Å². The van der Waals surface area contributed by atoms with Gasteiger partial charge in [0.2, 0.25) is 0 Å². The zero-order chi connectivity index (χ0) is 13.4. The summed E-state index contributed by atoms with van der Waals surface area (Å²) in [7, 11) is 1.65. The fourth-order valence-electron chi connectivity index (χ4n) is 1.87. The fraction of sp³-hybridized carbons (Fsp3) is 0.300. The predicted molar refractivity (Wildman–Crippen MR) is 61.2 cm³/mol. The van der Waals surface area contributed by atoms with Gasteiger partial charge in [-0.05, 0) is 13.8 Å². The lowest BCUT2D eigenvalue weighted by molar-refractivity contribution is -0.386. The molecule has 0 fully saturated rings. The summed E-state index contributed by atoms with van der Waals surface area (Å²) in [6.45, 7) is 3.15. The largest absolute Gasteiger partial charge is 0.313 e. The molecule has 92 valence electrons. The van der Waals surface area contributed by atoms with E-state index >= 15 is 0 Å². The van der Waals surface area contributed by atoms with Gasteiger partial charge in [-0.15, -0.1) is 0 Å². The van der Waals surface area contributed by atoms with E-state index in [9.17, 15) is 10.1 Å². The van der Waals surface area contributed by atoms with Crippen LogP contribution in [0.5, 0.6) is 0 Å². The molecule has 0 aliphatic heterocycles. The standard InChI is InChI=1S/C10H10N6O2/c1-6-9(16(17)18)7(2)15(13-6)10-8(4-11)5-12-14(10)3/h5H,1-3H3. The predicted octanol–water partition coefficient (Wildman–Crippen LogP) is 1.00. The van der Waals surface area contributed by atoms with Crippen molar-refractivity contribution < 1.29 is 4.92 Å². The molecule has 0 aromatic carbocycles. The third-order valence-electron chi connectivity index (χ3n) is 2.66. The molecule has 8 nitrogen and oxygen atoms in total. The third-order valence-corrected chi connectivity index (χ3v) is 2.66. The van der Waals surface area contributed by atoms with Gasteiger partial charge in [0, 0.05) is 7.05 Å². The van der Waals surface area contributed by atoms with Crippen LogP contribution in [-0.4, -0.2) is 24.5 Å². The number of rotatable bonds is 2. The molecule has 0 radical (unpaired) electrons. The van der Waals surface area contributed by atoms with Gasteiger partial charge in [0.25, 0.3) is 0 Å². The van der Waals surface area contributed by atoms with E-state index in [0.717, 1.165) is 0 Å². The molecule has 0 saturated carbocycles. The Kier molecular flexibility index (Phi) is 2.59. The summed E-state index contributed by atoms with van der Waals surface area (Å²) in [5.74, 6) is 0.422. The molecule has 0 spiro atoms. The topological polar surface area (TPSA) is 103 Å². The number of nitriles is 1. The van der Waals surface area contributed by atoms with Gasteiger partial charge >= 0.3 is 5.69 Å². The average Bonchev–Trinajstić information content (AvgIpc) is 2.79. The molecule has 8 heteroatoms. The molecule has 0 bridgehead atoms. The highest BCUT2D eigenvalue weighted by molar-refractivity contribution is 5.48. The van der Waals surface area contributed by atoms with Crippen LogP contribution in [0.2, 0.25) is 0 Å². The molecule has 0 unspecified atom stereocenters. The number of aryl methyl sites for hydroxylation is 2. The highest BCUT2D eigenvalue weighted by Crippen LogP contribution is 2.25. The van der Waals surface area contributed by atoms with E-state index in [2.05, 4.69) is 10.2 Å². The Morgan fingerprint density at radius 1 is 1.50 bits per heavy atom. The molecule has 0 atom stereocenters. The molecule has 0 aliphatic carbocycles. The van der Waals surface area contributed by atoms with Crippen LogP contribution in [-0.2, 0) is 7.05 Å². The molecule has 2 aromatic heterocycles. The summed E-state index contributed by atoms with van der Waals surface area (Å²) in [5.41, 5.74) is 0.957. The molecule has 0 amide bonds. The minimum Gasteiger partial charge on any atom is -0.258 e. The second-order valence-corrected chi connectivity index (χ2v) is 3.81. The lowest BCUT2D eigenvalue weighted by Gasteiger charge is -2.03. The van der Waals surface area contributed by atoms with Gasteiger partial charge < -0.3 is 0 Å². The Bertz CT molecular complexity index is 675. The van der Waals surface area contributed by atoms with Gasteiger partial charge in [-0.1, -0.05) is 0 Å². The van der Waals surface area contributed by atoms with E-state index in [-0.39, 0.29) is 5.69 Å². The van der Waals surface area contributed by atoms with Crippen LogP contribution in [0.4, 0.5) is 5.69 Å². The molecule has 18 heavy (non-hydrogen) atoms. The van der Waals surface area contributed by atoms with Crippen molar-refractivity contribution in [2.75, 3.05) is 0 Å². The number of nitro groups is 1. The van der Waals surface area contributed by atoms with Gasteiger partial charge in [0.1, 0.15) is 23.0 Å². The normalized spacial score (nSPS) is 10.3. The molecule has 2 heterocycles. The minimum absolute atomic E-state index is 0.0416. The van der Waals surface area contributed by atoms with Gasteiger partial charge in [-0.25, -0.2) is 9.36 Å². The maximum absolute atomic E-state index is 10.9. The Morgan fingerprint density at radius 3 is 2.67 bits per heavy atom. The Morgan fingerprint density at radius 2 is 2.17 bits per heavy atom. The lowest BCUT2D eigenvalue weighted by Crippen LogP contribution is -2.08. The van der Waals surface area contributed by atoms with Gasteiger partial charge in [-0.3, -0.25) is 10.1 Å². The van der Waals surface area contributed by atoms with Crippen LogP contribution in [0.1, 0.15) is 17.0 Å². The van der Waals surface area contributed by atoms with E-state index in [1.807, 2.05) is 6.07 Å². The summed E-state index contributed by atoms with van der Waals surface area (Å²) in [6, 6.07) is 1.99. The Balaban J connectivity index is 2.74. The number of hydrogen-bond donors (Lipinski definition) is 0. The summed E-state index contributed by atoms with van der Waals surface area (Å²) in [6.07, 6.45) is 1.40. The molecule has 0 N–H and O–H groups in total. The lowest BCUT2D eigenvalue weighted by atomic mass is 10.3. The van der Waals surface area contributed by atoms with Gasteiger partial charge in [0.05, 0.1) is 11.1 Å². The summed E-state index contributed by atoms with van der Waals surface area (Å²) >= 11 is 0. The fourth-order valence-corrected chi connectivity index (χ4v) is 1.87. The highest BCUT2D eigenvalue weighted by Gasteiger charge is 2.25. The van der Waals surface area contributed by atoms with Crippen LogP contribution < -0.4 is 0 Å². The van der Waals surface area contributed by atoms with Crippen molar-refractivity contribution in [2.45, 2.75) is 13.8 Å². The van der Waals surface area contributed by atoms with Crippen molar-refractivity contribution in [3.63, 3.8) is 0 Å². The first-order valence-electron chi connectivity index (χ1n) is 5.10. The first-order chi connectivity index (χ1) is 8.47. The summed E-state index contributed by atoms with van der Waals surface area (Å²) in [5, 5.41) is 28.0. The Labute approximate surface area is 102 Å². The van der Waals surface area contributed by atoms with Crippen LogP contribution in [0.3, 0.4) is 0 Å². The monoisotopic (exact) mass is 246 g/mol. The minimum atomic E-state index is -0.476. The quantitative estimate of drug-likeness (QED) is 0.581. The second kappa shape index (κ2) is 3.96. The zero-order valence-corrected chi connectivity index (χ0v) is 10.1. The molecule has 2 rings (SSSR count). The number of hydrogen-bond acceptors (Lipinski definition) is 5. The summed E-state index contributed by atoms with van der Waals surface area (Å²) < 4.78 is 2.83. The van der Waals surface area contributed by atoms with Gasteiger partial charge in [-0.2, -0.15) is 15.5 Å². The van der Waals surface area contributed by atoms with Crippen LogP contribution >= 0.6 is 0 Å². The highest BCUT2D eigenvalue weighted by atomic mass is 16.6. The first kappa shape index (κ1) is 11.8. The van der Waals surface area contributed by atoms with Crippen LogP contribution in [0.15, 0.2) is 6.20 Å². The molecular formula is C10H10N6O2. The summed E-state index contributed by atoms with van der Waals surface area (Å²) in [4.78, 5) is 10.5. The first-order valence-corrected chi connectivity index (χ1v) is 5.10. The number of nitrogens with zero attached hydrogens (tertiary/aromatic N) is 6. The Hall–Kier alpha value is -2.69. The average molecular weight is 246 g/mol. The molecule has 0 saturated heterocycles. The van der Waals surface area contributed by atoms with Crippen molar-refractivity contribution in [2.24, 2.45) is 7.05 Å². The van der Waals surface area contributed by atoms with E-state index in [4.69, 9.17) is 5.26 Å². The van der Waals surface area contributed by atoms with E-state index in [1.165, 1.54) is 15.6 Å². The second-order valence-electron chi connectivity index (χ2n) is 3.81. The maximum Gasteiger partial charge on any atom is 0.313 e. The van der Waals surface area contributed by atoms with Crippen molar-refractivity contribution >= 4 is 5.69 Å².